The van der Waals surface area contributed by atoms with Gasteiger partial charge in [-0.05, 0) is 29.7 Å². The van der Waals surface area contributed by atoms with E-state index in [0.717, 1.165) is 23.3 Å². The van der Waals surface area contributed by atoms with Crippen LogP contribution in [0.4, 0.5) is 0 Å². The van der Waals surface area contributed by atoms with E-state index in [0.29, 0.717) is 13.2 Å². The van der Waals surface area contributed by atoms with Gasteiger partial charge in [-0.15, -0.1) is 11.3 Å². The van der Waals surface area contributed by atoms with E-state index in [9.17, 15) is 4.79 Å². The Morgan fingerprint density at radius 1 is 1.53 bits per heavy atom. The monoisotopic (exact) mass is 285 g/mol. The van der Waals surface area contributed by atoms with E-state index >= 15 is 0 Å². The van der Waals surface area contributed by atoms with Gasteiger partial charge in [0.15, 0.2) is 0 Å². The van der Waals surface area contributed by atoms with E-state index in [2.05, 4.69) is 5.32 Å². The van der Waals surface area contributed by atoms with Crippen LogP contribution < -0.4 is 5.32 Å². The van der Waals surface area contributed by atoms with Gasteiger partial charge in [-0.2, -0.15) is 0 Å². The first kappa shape index (κ1) is 16.1. The lowest BCUT2D eigenvalue weighted by Gasteiger charge is -2.21. The highest BCUT2D eigenvalue weighted by atomic mass is 32.1. The Morgan fingerprint density at radius 3 is 2.89 bits per heavy atom. The molecule has 1 heterocycles. The van der Waals surface area contributed by atoms with Crippen LogP contribution in [-0.2, 0) is 11.3 Å². The Labute approximate surface area is 118 Å². The Kier molecular flexibility index (Phi) is 6.48. The zero-order chi connectivity index (χ0) is 14.3. The van der Waals surface area contributed by atoms with Crippen molar-refractivity contribution in [3.8, 4) is 0 Å². The van der Waals surface area contributed by atoms with E-state index in [1.807, 2.05) is 25.3 Å². The number of hydrogen-bond donors (Lipinski definition) is 2. The van der Waals surface area contributed by atoms with Gasteiger partial charge in [0.2, 0.25) is 0 Å². The van der Waals surface area contributed by atoms with Crippen LogP contribution in [0.3, 0.4) is 0 Å². The summed E-state index contributed by atoms with van der Waals surface area (Å²) in [5, 5.41) is 14.0. The van der Waals surface area contributed by atoms with Crippen molar-refractivity contribution in [1.29, 1.82) is 0 Å². The first-order valence-electron chi connectivity index (χ1n) is 6.44. The number of hydrogen-bond acceptors (Lipinski definition) is 4. The molecule has 1 rings (SSSR count). The number of aliphatic hydroxyl groups excluding tert-OH is 1. The Morgan fingerprint density at radius 2 is 2.26 bits per heavy atom. The molecule has 0 aliphatic carbocycles. The molecule has 0 unspecified atom stereocenters. The van der Waals surface area contributed by atoms with Gasteiger partial charge in [-0.3, -0.25) is 4.79 Å². The lowest BCUT2D eigenvalue weighted by molar-refractivity contribution is 0.0948. The van der Waals surface area contributed by atoms with E-state index in [4.69, 9.17) is 9.84 Å². The largest absolute Gasteiger partial charge is 0.396 e. The molecular weight excluding hydrogens is 262 g/mol. The second-order valence-electron chi connectivity index (χ2n) is 5.39. The maximum absolute atomic E-state index is 12.0. The fraction of sp³-hybridized carbons (Fsp3) is 0.643. The topological polar surface area (TPSA) is 58.6 Å². The third-order valence-corrected chi connectivity index (χ3v) is 3.95. The number of nitrogens with one attached hydrogen (secondary N) is 1. The maximum atomic E-state index is 12.0. The Balaban J connectivity index is 2.37. The van der Waals surface area contributed by atoms with Crippen LogP contribution in [0.5, 0.6) is 0 Å². The van der Waals surface area contributed by atoms with Crippen molar-refractivity contribution in [2.24, 2.45) is 5.41 Å². The third-order valence-electron chi connectivity index (χ3n) is 3.00. The molecule has 5 heteroatoms. The number of methoxy groups -OCH3 is 1. The van der Waals surface area contributed by atoms with Crippen LogP contribution in [0.15, 0.2) is 11.4 Å². The first-order valence-corrected chi connectivity index (χ1v) is 7.32. The molecule has 0 saturated heterocycles. The fourth-order valence-corrected chi connectivity index (χ4v) is 2.56. The van der Waals surface area contributed by atoms with Gasteiger partial charge in [0, 0.05) is 25.8 Å². The van der Waals surface area contributed by atoms with E-state index in [1.165, 1.54) is 11.3 Å². The minimum absolute atomic E-state index is 0.0381. The molecular formula is C14H23NO3S. The van der Waals surface area contributed by atoms with Gasteiger partial charge in [-0.25, -0.2) is 0 Å². The minimum Gasteiger partial charge on any atom is -0.396 e. The predicted molar refractivity (Wildman–Crippen MR) is 77.5 cm³/mol. The van der Waals surface area contributed by atoms with E-state index in [-0.39, 0.29) is 17.9 Å². The van der Waals surface area contributed by atoms with Gasteiger partial charge in [0.05, 0.1) is 11.5 Å². The van der Waals surface area contributed by atoms with Gasteiger partial charge < -0.3 is 15.2 Å². The molecule has 2 N–H and O–H groups in total. The average Bonchev–Trinajstić information content (AvgIpc) is 2.83. The van der Waals surface area contributed by atoms with Crippen molar-refractivity contribution >= 4 is 17.2 Å². The highest BCUT2D eigenvalue weighted by Gasteiger charge is 2.16. The highest BCUT2D eigenvalue weighted by Crippen LogP contribution is 2.21. The number of amides is 1. The van der Waals surface area contributed by atoms with Crippen molar-refractivity contribution < 1.29 is 14.6 Å². The fourth-order valence-electron chi connectivity index (χ4n) is 1.73. The van der Waals surface area contributed by atoms with Crippen LogP contribution in [-0.4, -0.2) is 31.3 Å². The molecule has 1 amide bonds. The van der Waals surface area contributed by atoms with Crippen LogP contribution in [0, 0.1) is 5.41 Å². The number of carbonyl (C=O) groups excluding carboxylic acids is 1. The average molecular weight is 285 g/mol. The predicted octanol–water partition coefficient (Wildman–Crippen LogP) is 2.42. The molecule has 0 saturated carbocycles. The van der Waals surface area contributed by atoms with Crippen molar-refractivity contribution in [3.05, 3.63) is 21.9 Å². The number of thiophene rings is 1. The van der Waals surface area contributed by atoms with Crippen molar-refractivity contribution in [2.45, 2.75) is 33.3 Å². The van der Waals surface area contributed by atoms with Gasteiger partial charge in [-0.1, -0.05) is 13.8 Å². The summed E-state index contributed by atoms with van der Waals surface area (Å²) in [7, 11) is 1.62. The molecule has 0 fully saturated rings. The molecule has 108 valence electrons. The maximum Gasteiger partial charge on any atom is 0.261 e. The molecule has 0 atom stereocenters. The van der Waals surface area contributed by atoms with Crippen molar-refractivity contribution in [1.82, 2.24) is 5.32 Å². The molecule has 4 nitrogen and oxygen atoms in total. The van der Waals surface area contributed by atoms with Crippen LogP contribution in [0.25, 0.3) is 0 Å². The lowest BCUT2D eigenvalue weighted by atomic mass is 9.89. The normalized spacial score (nSPS) is 11.6. The quantitative estimate of drug-likeness (QED) is 0.721. The summed E-state index contributed by atoms with van der Waals surface area (Å²) in [6.45, 7) is 5.30. The smallest absolute Gasteiger partial charge is 0.261 e. The van der Waals surface area contributed by atoms with Gasteiger partial charge in [0.1, 0.15) is 0 Å². The summed E-state index contributed by atoms with van der Waals surface area (Å²) in [6, 6.07) is 1.91. The number of ether oxygens (including phenoxy) is 1. The molecule has 0 radical (unpaired) electrons. The number of aliphatic hydroxyl groups is 1. The molecule has 19 heavy (non-hydrogen) atoms. The van der Waals surface area contributed by atoms with Crippen LogP contribution in [0.1, 0.15) is 41.9 Å². The summed E-state index contributed by atoms with van der Waals surface area (Å²) in [6.07, 6.45) is 1.75. The third kappa shape index (κ3) is 5.30. The van der Waals surface area contributed by atoms with Crippen molar-refractivity contribution in [3.63, 3.8) is 0 Å². The van der Waals surface area contributed by atoms with Gasteiger partial charge >= 0.3 is 0 Å². The highest BCUT2D eigenvalue weighted by molar-refractivity contribution is 7.12. The van der Waals surface area contributed by atoms with Gasteiger partial charge in [0.25, 0.3) is 5.91 Å². The first-order chi connectivity index (χ1) is 9.00. The number of carbonyl (C=O) groups is 1. The Bertz CT molecular complexity index is 401. The molecule has 0 aliphatic rings. The summed E-state index contributed by atoms with van der Waals surface area (Å²) >= 11 is 1.43. The Hall–Kier alpha value is -0.910. The molecule has 0 aromatic carbocycles. The zero-order valence-electron chi connectivity index (χ0n) is 11.9. The minimum atomic E-state index is -0.0745. The molecule has 0 aliphatic heterocycles. The summed E-state index contributed by atoms with van der Waals surface area (Å²) in [5.41, 5.74) is 0.857. The van der Waals surface area contributed by atoms with E-state index < -0.39 is 0 Å². The molecule has 1 aromatic rings. The SMILES string of the molecule is COCc1ccsc1C(=O)NCCCC(C)(C)CO. The standard InChI is InChI=1S/C14H23NO3S/c1-14(2,10-16)6-4-7-15-13(17)12-11(9-18-3)5-8-19-12/h5,8,16H,4,6-7,9-10H2,1-3H3,(H,15,17). The van der Waals surface area contributed by atoms with Crippen LogP contribution >= 0.6 is 11.3 Å². The second-order valence-corrected chi connectivity index (χ2v) is 6.31. The number of rotatable bonds is 8. The lowest BCUT2D eigenvalue weighted by Crippen LogP contribution is -2.26. The van der Waals surface area contributed by atoms with Crippen molar-refractivity contribution in [2.75, 3.05) is 20.3 Å². The van der Waals surface area contributed by atoms with Crippen LogP contribution in [0.2, 0.25) is 0 Å². The molecule has 0 spiro atoms. The molecule has 0 bridgehead atoms. The summed E-state index contributed by atoms with van der Waals surface area (Å²) < 4.78 is 5.06. The second kappa shape index (κ2) is 7.62. The summed E-state index contributed by atoms with van der Waals surface area (Å²) in [5.74, 6) is -0.0381. The molecule has 1 aromatic heterocycles. The zero-order valence-corrected chi connectivity index (χ0v) is 12.7. The van der Waals surface area contributed by atoms with E-state index in [1.54, 1.807) is 7.11 Å². The summed E-state index contributed by atoms with van der Waals surface area (Å²) in [4.78, 5) is 12.7.